The summed E-state index contributed by atoms with van der Waals surface area (Å²) >= 11 is 0. The van der Waals surface area contributed by atoms with Gasteiger partial charge in [0, 0.05) is 0 Å². The van der Waals surface area contributed by atoms with E-state index in [4.69, 9.17) is 0 Å². The summed E-state index contributed by atoms with van der Waals surface area (Å²) in [4.78, 5) is 13.5. The molecule has 33 heavy (non-hydrogen) atoms. The highest BCUT2D eigenvalue weighted by Crippen LogP contribution is 2.75. The van der Waals surface area contributed by atoms with Crippen molar-refractivity contribution in [2.24, 2.45) is 56.7 Å². The molecule has 4 saturated carbocycles. The van der Waals surface area contributed by atoms with Gasteiger partial charge in [-0.3, -0.25) is 4.79 Å². The molecule has 10 atom stereocenters. The van der Waals surface area contributed by atoms with Crippen LogP contribution >= 0.6 is 0 Å². The molecule has 0 aliphatic heterocycles. The Kier molecular flexibility index (Phi) is 5.15. The summed E-state index contributed by atoms with van der Waals surface area (Å²) in [5, 5.41) is 22.0. The number of aliphatic hydroxyl groups excluding tert-OH is 1. The number of carboxylic acids is 1. The highest BCUT2D eigenvalue weighted by molar-refractivity contribution is 5.81. The summed E-state index contributed by atoms with van der Waals surface area (Å²) in [6, 6.07) is 0. The van der Waals surface area contributed by atoms with Crippen LogP contribution in [0.15, 0.2) is 11.6 Å². The van der Waals surface area contributed by atoms with Crippen LogP contribution < -0.4 is 0 Å². The van der Waals surface area contributed by atoms with Crippen LogP contribution in [0.25, 0.3) is 0 Å². The topological polar surface area (TPSA) is 57.5 Å². The fourth-order valence-electron chi connectivity index (χ4n) is 11.0. The van der Waals surface area contributed by atoms with E-state index in [9.17, 15) is 15.0 Å². The predicted molar refractivity (Wildman–Crippen MR) is 133 cm³/mol. The monoisotopic (exact) mass is 456 g/mol. The molecule has 0 heterocycles. The molecule has 3 heteroatoms. The van der Waals surface area contributed by atoms with Crippen LogP contribution in [-0.2, 0) is 4.79 Å². The predicted octanol–water partition coefficient (Wildman–Crippen LogP) is 7.09. The maximum atomic E-state index is 13.5. The van der Waals surface area contributed by atoms with Gasteiger partial charge in [0.05, 0.1) is 11.5 Å². The van der Waals surface area contributed by atoms with Gasteiger partial charge in [0.1, 0.15) is 0 Å². The maximum absolute atomic E-state index is 13.5. The molecule has 0 saturated heterocycles. The van der Waals surface area contributed by atoms with Crippen molar-refractivity contribution in [2.45, 2.75) is 112 Å². The van der Waals surface area contributed by atoms with E-state index < -0.39 is 11.4 Å². The third kappa shape index (κ3) is 2.75. The fraction of sp³-hybridized carbons (Fsp3) is 0.900. The second-order valence-corrected chi connectivity index (χ2v) is 14.6. The molecule has 0 aromatic heterocycles. The number of hydrogen-bond donors (Lipinski definition) is 2. The average molecular weight is 457 g/mol. The van der Waals surface area contributed by atoms with E-state index in [-0.39, 0.29) is 27.8 Å². The van der Waals surface area contributed by atoms with Crippen LogP contribution in [-0.4, -0.2) is 22.3 Å². The van der Waals surface area contributed by atoms with Gasteiger partial charge in [0.2, 0.25) is 0 Å². The van der Waals surface area contributed by atoms with Gasteiger partial charge in [-0.1, -0.05) is 60.1 Å². The zero-order chi connectivity index (χ0) is 24.2. The van der Waals surface area contributed by atoms with E-state index in [1.54, 1.807) is 0 Å². The number of fused-ring (bicyclic) bond motifs is 7. The summed E-state index contributed by atoms with van der Waals surface area (Å²) < 4.78 is 0. The Morgan fingerprint density at radius 1 is 0.909 bits per heavy atom. The largest absolute Gasteiger partial charge is 0.481 e. The maximum Gasteiger partial charge on any atom is 0.314 e. The minimum absolute atomic E-state index is 0.0897. The quantitative estimate of drug-likeness (QED) is 0.414. The second-order valence-electron chi connectivity index (χ2n) is 14.6. The minimum atomic E-state index is -0.723. The number of allylic oxidation sites excluding steroid dienone is 1. The molecule has 0 bridgehead atoms. The number of aliphatic hydroxyl groups is 1. The molecule has 186 valence electrons. The Bertz CT molecular complexity index is 874. The molecule has 0 unspecified atom stereocenters. The summed E-state index contributed by atoms with van der Waals surface area (Å²) in [5.41, 5.74) is 0.615. The van der Waals surface area contributed by atoms with Gasteiger partial charge >= 0.3 is 5.97 Å². The van der Waals surface area contributed by atoms with Gasteiger partial charge in [-0.05, 0) is 109 Å². The van der Waals surface area contributed by atoms with Crippen LogP contribution in [0.3, 0.4) is 0 Å². The lowest BCUT2D eigenvalue weighted by atomic mass is 9.33. The van der Waals surface area contributed by atoms with E-state index in [1.165, 1.54) is 18.4 Å². The smallest absolute Gasteiger partial charge is 0.314 e. The van der Waals surface area contributed by atoms with E-state index >= 15 is 0 Å². The molecule has 0 radical (unpaired) electrons. The van der Waals surface area contributed by atoms with E-state index in [0.717, 1.165) is 44.9 Å². The molecule has 3 nitrogen and oxygen atoms in total. The number of carbonyl (C=O) groups is 1. The molecule has 0 spiro atoms. The van der Waals surface area contributed by atoms with Gasteiger partial charge in [0.25, 0.3) is 0 Å². The lowest BCUT2D eigenvalue weighted by Gasteiger charge is -2.70. The molecule has 4 fully saturated rings. The standard InChI is InChI=1S/C30H48O3/c1-18-10-13-27(5)16-17-30(25(32)33)20(24(27)19(18)2)8-9-22-28(6)14-12-23(31)26(3,4)21(28)11-15-29(22,30)7/h8,18-19,21-24,31H,9-17H2,1-7H3,(H,32,33)/t18-,19+,21-,22+,23-,24-,27-,28+,29-,30-/m1/s1. The Morgan fingerprint density at radius 3 is 2.27 bits per heavy atom. The first-order valence-electron chi connectivity index (χ1n) is 13.9. The van der Waals surface area contributed by atoms with E-state index in [1.807, 2.05) is 0 Å². The van der Waals surface area contributed by atoms with Gasteiger partial charge in [0.15, 0.2) is 0 Å². The SMILES string of the molecule is C[C@H]1[C@H](C)CC[C@]2(C)CC[C@]3(C(=O)O)C(=CC[C@H]4[C@@]5(C)CC[C@@H](O)C(C)(C)[C@H]5CC[C@]43C)[C@@H]12. The molecular formula is C30H48O3. The van der Waals surface area contributed by atoms with Crippen LogP contribution in [0.4, 0.5) is 0 Å². The fourth-order valence-corrected chi connectivity index (χ4v) is 11.0. The highest BCUT2D eigenvalue weighted by atomic mass is 16.4. The van der Waals surface area contributed by atoms with Crippen molar-refractivity contribution in [1.82, 2.24) is 0 Å². The van der Waals surface area contributed by atoms with Crippen LogP contribution in [0, 0.1) is 56.7 Å². The lowest BCUT2D eigenvalue weighted by molar-refractivity contribution is -0.214. The van der Waals surface area contributed by atoms with Crippen LogP contribution in [0.5, 0.6) is 0 Å². The van der Waals surface area contributed by atoms with E-state index in [0.29, 0.717) is 29.6 Å². The first-order chi connectivity index (χ1) is 15.3. The normalized spacial score (nSPS) is 55.3. The summed E-state index contributed by atoms with van der Waals surface area (Å²) in [6.45, 7) is 16.6. The number of rotatable bonds is 1. The van der Waals surface area contributed by atoms with Crippen LogP contribution in [0.2, 0.25) is 0 Å². The van der Waals surface area contributed by atoms with Crippen LogP contribution in [0.1, 0.15) is 106 Å². The Labute approximate surface area is 201 Å². The van der Waals surface area contributed by atoms with Crippen molar-refractivity contribution >= 4 is 5.97 Å². The Morgan fingerprint density at radius 2 is 1.61 bits per heavy atom. The molecule has 0 amide bonds. The highest BCUT2D eigenvalue weighted by Gasteiger charge is 2.71. The molecule has 2 N–H and O–H groups in total. The van der Waals surface area contributed by atoms with Gasteiger partial charge < -0.3 is 10.2 Å². The van der Waals surface area contributed by atoms with Crippen molar-refractivity contribution in [2.75, 3.05) is 0 Å². The van der Waals surface area contributed by atoms with Crippen molar-refractivity contribution in [3.05, 3.63) is 11.6 Å². The molecule has 5 rings (SSSR count). The third-order valence-corrected chi connectivity index (χ3v) is 13.2. The van der Waals surface area contributed by atoms with Gasteiger partial charge in [-0.2, -0.15) is 0 Å². The van der Waals surface area contributed by atoms with Crippen molar-refractivity contribution < 1.29 is 15.0 Å². The van der Waals surface area contributed by atoms with Gasteiger partial charge in [-0.25, -0.2) is 0 Å². The second kappa shape index (κ2) is 7.11. The Hall–Kier alpha value is -0.830. The first kappa shape index (κ1) is 23.9. The zero-order valence-corrected chi connectivity index (χ0v) is 22.2. The molecular weight excluding hydrogens is 408 g/mol. The van der Waals surface area contributed by atoms with Crippen molar-refractivity contribution in [1.29, 1.82) is 0 Å². The molecule has 5 aliphatic carbocycles. The third-order valence-electron chi connectivity index (χ3n) is 13.2. The summed E-state index contributed by atoms with van der Waals surface area (Å²) in [5.74, 6) is 1.88. The van der Waals surface area contributed by atoms with E-state index in [2.05, 4.69) is 54.5 Å². The van der Waals surface area contributed by atoms with Crippen molar-refractivity contribution in [3.8, 4) is 0 Å². The molecule has 5 aliphatic rings. The van der Waals surface area contributed by atoms with Crippen molar-refractivity contribution in [3.63, 3.8) is 0 Å². The Balaban J connectivity index is 1.66. The molecule has 0 aromatic carbocycles. The lowest BCUT2D eigenvalue weighted by Crippen LogP contribution is -2.67. The molecule has 0 aromatic rings. The minimum Gasteiger partial charge on any atom is -0.481 e. The average Bonchev–Trinajstić information content (AvgIpc) is 2.73. The zero-order valence-electron chi connectivity index (χ0n) is 22.2. The summed E-state index contributed by atoms with van der Waals surface area (Å²) in [7, 11) is 0. The van der Waals surface area contributed by atoms with Gasteiger partial charge in [-0.15, -0.1) is 0 Å². The number of carboxylic acid groups (broad SMARTS) is 1. The summed E-state index contributed by atoms with van der Waals surface area (Å²) in [6.07, 6.45) is 11.5. The number of hydrogen-bond acceptors (Lipinski definition) is 2. The number of aliphatic carboxylic acids is 1. The first-order valence-corrected chi connectivity index (χ1v) is 13.9.